The Balaban J connectivity index is 1.98. The first-order valence-corrected chi connectivity index (χ1v) is 7.63. The monoisotopic (exact) mass is 341 g/mol. The molecule has 0 saturated carbocycles. The Morgan fingerprint density at radius 3 is 2.95 bits per heavy atom. The predicted molar refractivity (Wildman–Crippen MR) is 82.8 cm³/mol. The van der Waals surface area contributed by atoms with Crippen LogP contribution in [0.15, 0.2) is 22.7 Å². The standard InChI is InChI=1S/C14H20BrN3O2/c1-10-8-12(6-7-17(10)2)16-9-11-4-3-5-13(14(11)15)18(19)20/h3-5,10,12,16H,6-9H2,1-2H3. The van der Waals surface area contributed by atoms with Crippen molar-refractivity contribution in [1.29, 1.82) is 0 Å². The van der Waals surface area contributed by atoms with E-state index < -0.39 is 0 Å². The Morgan fingerprint density at radius 1 is 1.55 bits per heavy atom. The molecule has 2 atom stereocenters. The van der Waals surface area contributed by atoms with Crippen molar-refractivity contribution in [1.82, 2.24) is 10.2 Å². The van der Waals surface area contributed by atoms with Crippen LogP contribution >= 0.6 is 15.9 Å². The predicted octanol–water partition coefficient (Wildman–Crippen LogP) is 2.93. The zero-order chi connectivity index (χ0) is 14.7. The molecule has 20 heavy (non-hydrogen) atoms. The number of halogens is 1. The van der Waals surface area contributed by atoms with E-state index >= 15 is 0 Å². The van der Waals surface area contributed by atoms with Gasteiger partial charge in [-0.3, -0.25) is 10.1 Å². The lowest BCUT2D eigenvalue weighted by atomic mass is 9.98. The summed E-state index contributed by atoms with van der Waals surface area (Å²) in [6.07, 6.45) is 2.23. The third-order valence-corrected chi connectivity index (χ3v) is 4.96. The zero-order valence-corrected chi connectivity index (χ0v) is 13.4. The summed E-state index contributed by atoms with van der Waals surface area (Å²) in [6, 6.07) is 6.23. The second kappa shape index (κ2) is 6.65. The van der Waals surface area contributed by atoms with Gasteiger partial charge in [-0.1, -0.05) is 12.1 Å². The SMILES string of the molecule is CC1CC(NCc2cccc([N+](=O)[O-])c2Br)CCN1C. The van der Waals surface area contributed by atoms with Gasteiger partial charge in [-0.05, 0) is 54.9 Å². The van der Waals surface area contributed by atoms with Gasteiger partial charge in [0.05, 0.1) is 9.40 Å². The normalized spacial score (nSPS) is 23.8. The average molecular weight is 342 g/mol. The number of hydrogen-bond donors (Lipinski definition) is 1. The Bertz CT molecular complexity index is 495. The maximum atomic E-state index is 10.9. The fourth-order valence-corrected chi connectivity index (χ4v) is 3.12. The Kier molecular flexibility index (Phi) is 5.12. The molecule has 1 aliphatic heterocycles. The number of piperidine rings is 1. The fourth-order valence-electron chi connectivity index (χ4n) is 2.57. The van der Waals surface area contributed by atoms with Crippen LogP contribution < -0.4 is 5.32 Å². The fraction of sp³-hybridized carbons (Fsp3) is 0.571. The van der Waals surface area contributed by atoms with E-state index in [9.17, 15) is 10.1 Å². The van der Waals surface area contributed by atoms with E-state index in [1.807, 2.05) is 6.07 Å². The van der Waals surface area contributed by atoms with Gasteiger partial charge in [0.2, 0.25) is 0 Å². The lowest BCUT2D eigenvalue weighted by molar-refractivity contribution is -0.385. The van der Waals surface area contributed by atoms with Crippen LogP contribution in [0.4, 0.5) is 5.69 Å². The molecule has 5 nitrogen and oxygen atoms in total. The van der Waals surface area contributed by atoms with Crippen LogP contribution in [-0.4, -0.2) is 35.5 Å². The molecule has 2 unspecified atom stereocenters. The van der Waals surface area contributed by atoms with Crippen molar-refractivity contribution in [2.75, 3.05) is 13.6 Å². The van der Waals surface area contributed by atoms with Crippen molar-refractivity contribution in [3.8, 4) is 0 Å². The van der Waals surface area contributed by atoms with Crippen LogP contribution in [0, 0.1) is 10.1 Å². The van der Waals surface area contributed by atoms with Crippen molar-refractivity contribution in [3.63, 3.8) is 0 Å². The number of nitro benzene ring substituents is 1. The highest BCUT2D eigenvalue weighted by Crippen LogP contribution is 2.28. The third kappa shape index (κ3) is 3.56. The van der Waals surface area contributed by atoms with E-state index in [4.69, 9.17) is 0 Å². The van der Waals surface area contributed by atoms with E-state index in [1.54, 1.807) is 6.07 Å². The molecule has 1 aromatic rings. The van der Waals surface area contributed by atoms with E-state index in [-0.39, 0.29) is 10.6 Å². The number of likely N-dealkylation sites (tertiary alicyclic amines) is 1. The van der Waals surface area contributed by atoms with Crippen molar-refractivity contribution in [2.24, 2.45) is 0 Å². The maximum absolute atomic E-state index is 10.9. The minimum absolute atomic E-state index is 0.126. The largest absolute Gasteiger partial charge is 0.310 e. The van der Waals surface area contributed by atoms with Gasteiger partial charge >= 0.3 is 0 Å². The molecule has 110 valence electrons. The van der Waals surface area contributed by atoms with Gasteiger partial charge in [-0.15, -0.1) is 0 Å². The van der Waals surface area contributed by atoms with Gasteiger partial charge in [0.25, 0.3) is 5.69 Å². The molecule has 1 aromatic carbocycles. The highest BCUT2D eigenvalue weighted by atomic mass is 79.9. The van der Waals surface area contributed by atoms with Gasteiger partial charge in [0, 0.05) is 24.7 Å². The summed E-state index contributed by atoms with van der Waals surface area (Å²) in [7, 11) is 2.15. The Hall–Kier alpha value is -0.980. The highest BCUT2D eigenvalue weighted by Gasteiger charge is 2.23. The molecule has 0 amide bonds. The molecule has 1 N–H and O–H groups in total. The maximum Gasteiger partial charge on any atom is 0.283 e. The number of nitrogens with zero attached hydrogens (tertiary/aromatic N) is 2. The first-order valence-electron chi connectivity index (χ1n) is 6.84. The number of hydrogen-bond acceptors (Lipinski definition) is 4. The smallest absolute Gasteiger partial charge is 0.283 e. The molecule has 6 heteroatoms. The van der Waals surface area contributed by atoms with Gasteiger partial charge in [0.15, 0.2) is 0 Å². The Labute approximate surface area is 127 Å². The zero-order valence-electron chi connectivity index (χ0n) is 11.8. The minimum atomic E-state index is -0.356. The van der Waals surface area contributed by atoms with Crippen LogP contribution in [0.1, 0.15) is 25.3 Å². The second-order valence-electron chi connectivity index (χ2n) is 5.44. The summed E-state index contributed by atoms with van der Waals surface area (Å²) in [5, 5.41) is 14.4. The van der Waals surface area contributed by atoms with E-state index in [0.29, 0.717) is 23.1 Å². The molecule has 0 bridgehead atoms. The number of nitro groups is 1. The van der Waals surface area contributed by atoms with Crippen LogP contribution in [0.2, 0.25) is 0 Å². The molecule has 0 aliphatic carbocycles. The van der Waals surface area contributed by atoms with Gasteiger partial charge in [-0.25, -0.2) is 0 Å². The highest BCUT2D eigenvalue weighted by molar-refractivity contribution is 9.10. The molecule has 2 rings (SSSR count). The third-order valence-electron chi connectivity index (χ3n) is 4.04. The number of nitrogens with one attached hydrogen (secondary N) is 1. The summed E-state index contributed by atoms with van der Waals surface area (Å²) in [6.45, 7) is 3.98. The molecule has 0 aromatic heterocycles. The minimum Gasteiger partial charge on any atom is -0.310 e. The van der Waals surface area contributed by atoms with E-state index in [2.05, 4.69) is 40.1 Å². The van der Waals surface area contributed by atoms with Crippen LogP contribution in [0.5, 0.6) is 0 Å². The van der Waals surface area contributed by atoms with Crippen LogP contribution in [-0.2, 0) is 6.54 Å². The van der Waals surface area contributed by atoms with Crippen LogP contribution in [0.25, 0.3) is 0 Å². The summed E-state index contributed by atoms with van der Waals surface area (Å²) in [4.78, 5) is 12.9. The summed E-state index contributed by atoms with van der Waals surface area (Å²) < 4.78 is 0.582. The lowest BCUT2D eigenvalue weighted by Crippen LogP contribution is -2.45. The molecule has 0 spiro atoms. The molecular weight excluding hydrogens is 322 g/mol. The van der Waals surface area contributed by atoms with Crippen molar-refractivity contribution in [3.05, 3.63) is 38.3 Å². The first kappa shape index (κ1) is 15.4. The molecule has 1 saturated heterocycles. The first-order chi connectivity index (χ1) is 9.49. The summed E-state index contributed by atoms with van der Waals surface area (Å²) in [5.41, 5.74) is 1.06. The van der Waals surface area contributed by atoms with Crippen LogP contribution in [0.3, 0.4) is 0 Å². The van der Waals surface area contributed by atoms with Gasteiger partial charge in [-0.2, -0.15) is 0 Å². The number of rotatable bonds is 4. The van der Waals surface area contributed by atoms with Crippen molar-refractivity contribution < 1.29 is 4.92 Å². The average Bonchev–Trinajstić information content (AvgIpc) is 2.41. The topological polar surface area (TPSA) is 58.4 Å². The van der Waals surface area contributed by atoms with E-state index in [0.717, 1.165) is 24.9 Å². The summed E-state index contributed by atoms with van der Waals surface area (Å²) >= 11 is 3.34. The van der Waals surface area contributed by atoms with E-state index in [1.165, 1.54) is 6.07 Å². The van der Waals surface area contributed by atoms with Crippen molar-refractivity contribution in [2.45, 2.75) is 38.4 Å². The summed E-state index contributed by atoms with van der Waals surface area (Å²) in [5.74, 6) is 0. The molecule has 1 fully saturated rings. The quantitative estimate of drug-likeness (QED) is 0.675. The molecular formula is C14H20BrN3O2. The molecule has 0 radical (unpaired) electrons. The molecule has 1 heterocycles. The number of benzene rings is 1. The molecule has 1 aliphatic rings. The second-order valence-corrected chi connectivity index (χ2v) is 6.23. The Morgan fingerprint density at radius 2 is 2.30 bits per heavy atom. The van der Waals surface area contributed by atoms with Gasteiger partial charge < -0.3 is 10.2 Å². The van der Waals surface area contributed by atoms with Gasteiger partial charge in [0.1, 0.15) is 0 Å². The van der Waals surface area contributed by atoms with Crippen molar-refractivity contribution >= 4 is 21.6 Å². The lowest BCUT2D eigenvalue weighted by Gasteiger charge is -2.35.